The number of sulfonamides is 1. The van der Waals surface area contributed by atoms with Crippen molar-refractivity contribution in [3.8, 4) is 0 Å². The van der Waals surface area contributed by atoms with Gasteiger partial charge >= 0.3 is 0 Å². The molecule has 2 rings (SSSR count). The monoisotopic (exact) mass is 331 g/mol. The molecule has 0 atom stereocenters. The fraction of sp³-hybridized carbons (Fsp3) is 0.167. The Morgan fingerprint density at radius 3 is 2.76 bits per heavy atom. The van der Waals surface area contributed by atoms with Crippen molar-refractivity contribution in [2.24, 2.45) is 0 Å². The minimum atomic E-state index is -4.21. The van der Waals surface area contributed by atoms with Crippen molar-refractivity contribution in [3.63, 3.8) is 0 Å². The van der Waals surface area contributed by atoms with E-state index >= 15 is 0 Å². The zero-order valence-electron chi connectivity index (χ0n) is 10.9. The van der Waals surface area contributed by atoms with Crippen LogP contribution in [0.3, 0.4) is 0 Å². The van der Waals surface area contributed by atoms with E-state index in [0.29, 0.717) is 0 Å². The molecule has 1 aromatic heterocycles. The zero-order valence-corrected chi connectivity index (χ0v) is 12.5. The van der Waals surface area contributed by atoms with Crippen molar-refractivity contribution in [2.45, 2.75) is 4.90 Å². The van der Waals surface area contributed by atoms with E-state index in [1.54, 1.807) is 0 Å². The molecule has 112 valence electrons. The van der Waals surface area contributed by atoms with E-state index in [0.717, 1.165) is 16.4 Å². The SMILES string of the molecule is COCN(c1ccncn1)S(=O)(=O)c1cc(Cl)ccc1F. The summed E-state index contributed by atoms with van der Waals surface area (Å²) in [6, 6.07) is 4.66. The molecule has 21 heavy (non-hydrogen) atoms. The van der Waals surface area contributed by atoms with Gasteiger partial charge in [0.25, 0.3) is 10.0 Å². The predicted octanol–water partition coefficient (Wildman–Crippen LogP) is 2.07. The first-order chi connectivity index (χ1) is 9.96. The molecule has 0 saturated carbocycles. The molecule has 6 nitrogen and oxygen atoms in total. The van der Waals surface area contributed by atoms with Crippen LogP contribution in [0.4, 0.5) is 10.2 Å². The summed E-state index contributed by atoms with van der Waals surface area (Å²) in [6.45, 7) is -0.328. The molecule has 2 aromatic rings. The van der Waals surface area contributed by atoms with Gasteiger partial charge in [0.2, 0.25) is 0 Å². The highest BCUT2D eigenvalue weighted by Crippen LogP contribution is 2.25. The Hall–Kier alpha value is -1.77. The molecule has 0 saturated heterocycles. The summed E-state index contributed by atoms with van der Waals surface area (Å²) in [5.74, 6) is -0.846. The number of rotatable bonds is 5. The minimum Gasteiger partial charge on any atom is -0.363 e. The fourth-order valence-electron chi connectivity index (χ4n) is 1.60. The molecule has 0 aliphatic rings. The molecule has 0 fully saturated rings. The highest BCUT2D eigenvalue weighted by molar-refractivity contribution is 7.92. The van der Waals surface area contributed by atoms with Crippen LogP contribution in [0, 0.1) is 5.82 Å². The van der Waals surface area contributed by atoms with E-state index < -0.39 is 20.7 Å². The van der Waals surface area contributed by atoms with E-state index in [4.69, 9.17) is 16.3 Å². The lowest BCUT2D eigenvalue weighted by molar-refractivity contribution is 0.209. The van der Waals surface area contributed by atoms with Gasteiger partial charge in [-0.25, -0.2) is 27.1 Å². The maximum Gasteiger partial charge on any atom is 0.270 e. The second-order valence-corrected chi connectivity index (χ2v) is 6.18. The van der Waals surface area contributed by atoms with E-state index in [-0.39, 0.29) is 17.6 Å². The number of nitrogens with zero attached hydrogens (tertiary/aromatic N) is 3. The Bertz CT molecular complexity index is 728. The van der Waals surface area contributed by atoms with Crippen molar-refractivity contribution in [3.05, 3.63) is 47.6 Å². The first-order valence-corrected chi connectivity index (χ1v) is 7.51. The van der Waals surface area contributed by atoms with E-state index in [2.05, 4.69) is 9.97 Å². The topological polar surface area (TPSA) is 72.4 Å². The molecule has 0 aliphatic heterocycles. The Morgan fingerprint density at radius 2 is 2.14 bits per heavy atom. The van der Waals surface area contributed by atoms with Gasteiger partial charge in [-0.1, -0.05) is 11.6 Å². The quantitative estimate of drug-likeness (QED) is 0.784. The molecular weight excluding hydrogens is 321 g/mol. The number of aromatic nitrogens is 2. The predicted molar refractivity (Wildman–Crippen MR) is 75.0 cm³/mol. The first kappa shape index (κ1) is 15.6. The van der Waals surface area contributed by atoms with Gasteiger partial charge in [-0.05, 0) is 18.2 Å². The highest BCUT2D eigenvalue weighted by atomic mass is 35.5. The molecule has 0 unspecified atom stereocenters. The van der Waals surface area contributed by atoms with Gasteiger partial charge in [0.05, 0.1) is 0 Å². The minimum absolute atomic E-state index is 0.0613. The summed E-state index contributed by atoms with van der Waals surface area (Å²) in [6.07, 6.45) is 2.55. The molecule has 0 bridgehead atoms. The summed E-state index contributed by atoms with van der Waals surface area (Å²) < 4.78 is 44.7. The number of ether oxygens (including phenoxy) is 1. The first-order valence-electron chi connectivity index (χ1n) is 5.69. The van der Waals surface area contributed by atoms with Gasteiger partial charge < -0.3 is 4.74 Å². The fourth-order valence-corrected chi connectivity index (χ4v) is 3.26. The van der Waals surface area contributed by atoms with Gasteiger partial charge in [-0.2, -0.15) is 0 Å². The van der Waals surface area contributed by atoms with E-state index in [1.807, 2.05) is 0 Å². The summed E-state index contributed by atoms with van der Waals surface area (Å²) in [5.41, 5.74) is 0. The Morgan fingerprint density at radius 1 is 1.38 bits per heavy atom. The van der Waals surface area contributed by atoms with Crippen LogP contribution < -0.4 is 4.31 Å². The highest BCUT2D eigenvalue weighted by Gasteiger charge is 2.29. The van der Waals surface area contributed by atoms with E-state index in [1.165, 1.54) is 31.8 Å². The zero-order chi connectivity index (χ0) is 15.5. The lowest BCUT2D eigenvalue weighted by Crippen LogP contribution is -2.34. The lowest BCUT2D eigenvalue weighted by atomic mass is 10.3. The van der Waals surface area contributed by atoms with Crippen LogP contribution in [0.2, 0.25) is 5.02 Å². The Labute approximate surface area is 126 Å². The maximum absolute atomic E-state index is 13.8. The molecule has 1 aromatic carbocycles. The van der Waals surface area contributed by atoms with Crippen LogP contribution in [0.1, 0.15) is 0 Å². The second-order valence-electron chi connectivity index (χ2n) is 3.91. The van der Waals surface area contributed by atoms with Crippen LogP contribution in [0.5, 0.6) is 0 Å². The smallest absolute Gasteiger partial charge is 0.270 e. The summed E-state index contributed by atoms with van der Waals surface area (Å²) in [5, 5.41) is 0.107. The van der Waals surface area contributed by atoms with Crippen molar-refractivity contribution in [1.82, 2.24) is 9.97 Å². The Kier molecular flexibility index (Phi) is 4.71. The number of methoxy groups -OCH3 is 1. The second kappa shape index (κ2) is 6.33. The number of benzene rings is 1. The van der Waals surface area contributed by atoms with Gasteiger partial charge in [0, 0.05) is 24.4 Å². The van der Waals surface area contributed by atoms with Crippen molar-refractivity contribution in [2.75, 3.05) is 18.1 Å². The van der Waals surface area contributed by atoms with Crippen LogP contribution in [-0.4, -0.2) is 32.2 Å². The maximum atomic E-state index is 13.8. The number of hydrogen-bond donors (Lipinski definition) is 0. The van der Waals surface area contributed by atoms with Crippen LogP contribution >= 0.6 is 11.6 Å². The molecule has 0 radical (unpaired) electrons. The molecule has 1 heterocycles. The van der Waals surface area contributed by atoms with Crippen LogP contribution in [-0.2, 0) is 14.8 Å². The van der Waals surface area contributed by atoms with Crippen molar-refractivity contribution >= 4 is 27.4 Å². The van der Waals surface area contributed by atoms with E-state index in [9.17, 15) is 12.8 Å². The molecule has 0 spiro atoms. The van der Waals surface area contributed by atoms with Gasteiger partial charge in [0.1, 0.15) is 29.6 Å². The Balaban J connectivity index is 2.55. The average Bonchev–Trinajstić information content (AvgIpc) is 2.48. The summed E-state index contributed by atoms with van der Waals surface area (Å²) in [7, 11) is -2.89. The summed E-state index contributed by atoms with van der Waals surface area (Å²) >= 11 is 5.74. The molecule has 0 N–H and O–H groups in total. The largest absolute Gasteiger partial charge is 0.363 e. The normalized spacial score (nSPS) is 11.4. The van der Waals surface area contributed by atoms with Gasteiger partial charge in [-0.15, -0.1) is 0 Å². The molecule has 9 heteroatoms. The third-order valence-corrected chi connectivity index (χ3v) is 4.51. The molecular formula is C12H11ClFN3O3S. The van der Waals surface area contributed by atoms with Crippen molar-refractivity contribution < 1.29 is 17.5 Å². The standard InChI is InChI=1S/C12H11ClFN3O3S/c1-20-8-17(12-4-5-15-7-16-12)21(18,19)11-6-9(13)2-3-10(11)14/h2-7H,8H2,1H3. The number of hydrogen-bond acceptors (Lipinski definition) is 5. The average molecular weight is 332 g/mol. The van der Waals surface area contributed by atoms with Crippen LogP contribution in [0.25, 0.3) is 0 Å². The number of anilines is 1. The number of halogens is 2. The summed E-state index contributed by atoms with van der Waals surface area (Å²) in [4.78, 5) is 7.00. The van der Waals surface area contributed by atoms with Gasteiger partial charge in [-0.3, -0.25) is 0 Å². The third kappa shape index (κ3) is 3.29. The molecule has 0 amide bonds. The third-order valence-electron chi connectivity index (χ3n) is 2.53. The van der Waals surface area contributed by atoms with Crippen molar-refractivity contribution in [1.29, 1.82) is 0 Å². The lowest BCUT2D eigenvalue weighted by Gasteiger charge is -2.22. The van der Waals surface area contributed by atoms with Crippen LogP contribution in [0.15, 0.2) is 41.7 Å². The molecule has 0 aliphatic carbocycles. The van der Waals surface area contributed by atoms with Gasteiger partial charge in [0.15, 0.2) is 0 Å².